The number of likely N-dealkylation sites (N-methyl/N-ethyl adjacent to an activating group) is 1. The van der Waals surface area contributed by atoms with Gasteiger partial charge in [-0.05, 0) is 67.9 Å². The highest BCUT2D eigenvalue weighted by Crippen LogP contribution is 2.59. The van der Waals surface area contributed by atoms with Crippen molar-refractivity contribution >= 4 is 34.1 Å². The first-order chi connectivity index (χ1) is 21.6. The van der Waals surface area contributed by atoms with E-state index in [9.17, 15) is 14.0 Å². The van der Waals surface area contributed by atoms with Gasteiger partial charge in [-0.3, -0.25) is 9.59 Å². The predicted molar refractivity (Wildman–Crippen MR) is 166 cm³/mol. The molecule has 1 aromatic heterocycles. The van der Waals surface area contributed by atoms with Crippen LogP contribution < -0.4 is 24.8 Å². The summed E-state index contributed by atoms with van der Waals surface area (Å²) in [5.74, 6) is -1.89. The molecule has 3 aromatic carbocycles. The predicted octanol–water partition coefficient (Wildman–Crippen LogP) is 5.89. The third-order valence-corrected chi connectivity index (χ3v) is 8.48. The van der Waals surface area contributed by atoms with Crippen LogP contribution >= 0.6 is 0 Å². The van der Waals surface area contributed by atoms with Gasteiger partial charge in [0.15, 0.2) is 23.1 Å². The molecule has 0 aliphatic heterocycles. The van der Waals surface area contributed by atoms with Crippen LogP contribution in [0.1, 0.15) is 20.8 Å². The molecule has 1 fully saturated rings. The molecular formula is C33H35F2N5O5. The van der Waals surface area contributed by atoms with Crippen LogP contribution in [0.15, 0.2) is 60.9 Å². The summed E-state index contributed by atoms with van der Waals surface area (Å²) < 4.78 is 45.9. The molecule has 10 nitrogen and oxygen atoms in total. The number of rotatable bonds is 12. The van der Waals surface area contributed by atoms with Crippen LogP contribution in [0.2, 0.25) is 0 Å². The normalized spacial score (nSPS) is 18.8. The van der Waals surface area contributed by atoms with Crippen molar-refractivity contribution in [1.29, 1.82) is 0 Å². The van der Waals surface area contributed by atoms with E-state index in [1.807, 2.05) is 7.05 Å². The van der Waals surface area contributed by atoms with Crippen LogP contribution in [0.3, 0.4) is 0 Å². The molecule has 0 spiro atoms. The van der Waals surface area contributed by atoms with Gasteiger partial charge in [0.05, 0.1) is 18.0 Å². The molecule has 2 atom stereocenters. The van der Waals surface area contributed by atoms with Crippen molar-refractivity contribution in [1.82, 2.24) is 14.9 Å². The Kier molecular flexibility index (Phi) is 9.14. The van der Waals surface area contributed by atoms with Crippen LogP contribution in [-0.2, 0) is 9.59 Å². The number of ether oxygens (including phenoxy) is 3. The maximum Gasteiger partial charge on any atom is 0.240 e. The van der Waals surface area contributed by atoms with E-state index in [1.54, 1.807) is 26.0 Å². The number of hydrogen-bond acceptors (Lipinski definition) is 8. The Balaban J connectivity index is 1.31. The Hall–Kier alpha value is -4.84. The summed E-state index contributed by atoms with van der Waals surface area (Å²) in [5.41, 5.74) is -0.338. The lowest BCUT2D eigenvalue weighted by atomic mass is 9.99. The molecule has 45 heavy (non-hydrogen) atoms. The van der Waals surface area contributed by atoms with E-state index in [1.165, 1.54) is 49.8 Å². The lowest BCUT2D eigenvalue weighted by Crippen LogP contribution is -2.38. The second-order valence-electron chi connectivity index (χ2n) is 11.1. The molecule has 2 amide bonds. The molecule has 4 aromatic rings. The van der Waals surface area contributed by atoms with Crippen LogP contribution in [0.5, 0.6) is 23.1 Å². The number of carbonyl (C=O) groups is 2. The summed E-state index contributed by atoms with van der Waals surface area (Å²) >= 11 is 0. The van der Waals surface area contributed by atoms with Gasteiger partial charge in [-0.2, -0.15) is 0 Å². The van der Waals surface area contributed by atoms with Gasteiger partial charge in [0.2, 0.25) is 17.7 Å². The number of anilines is 2. The van der Waals surface area contributed by atoms with Crippen molar-refractivity contribution in [2.45, 2.75) is 20.8 Å². The maximum absolute atomic E-state index is 15.3. The average Bonchev–Trinajstić information content (AvgIpc) is 3.59. The summed E-state index contributed by atoms with van der Waals surface area (Å²) in [6, 6.07) is 12.6. The lowest BCUT2D eigenvalue weighted by molar-refractivity contribution is -0.132. The van der Waals surface area contributed by atoms with Gasteiger partial charge in [-0.15, -0.1) is 0 Å². The molecule has 0 unspecified atom stereocenters. The van der Waals surface area contributed by atoms with E-state index < -0.39 is 28.9 Å². The molecule has 1 aliphatic rings. The van der Waals surface area contributed by atoms with E-state index in [0.717, 1.165) is 19.2 Å². The molecule has 12 heteroatoms. The Bertz CT molecular complexity index is 1710. The number of fused-ring (bicyclic) bond motifs is 1. The molecule has 0 saturated heterocycles. The quantitative estimate of drug-likeness (QED) is 0.189. The second-order valence-corrected chi connectivity index (χ2v) is 11.1. The van der Waals surface area contributed by atoms with Crippen molar-refractivity contribution in [3.63, 3.8) is 0 Å². The van der Waals surface area contributed by atoms with Gasteiger partial charge in [0.1, 0.15) is 24.2 Å². The zero-order chi connectivity index (χ0) is 32.3. The first-order valence-corrected chi connectivity index (χ1v) is 14.6. The second kappa shape index (κ2) is 13.0. The van der Waals surface area contributed by atoms with Crippen molar-refractivity contribution in [3.8, 4) is 23.1 Å². The van der Waals surface area contributed by atoms with Crippen LogP contribution in [0.4, 0.5) is 20.2 Å². The number of carbonyl (C=O) groups excluding carboxylic acids is 2. The van der Waals surface area contributed by atoms with Crippen molar-refractivity contribution in [2.24, 2.45) is 17.3 Å². The monoisotopic (exact) mass is 619 g/mol. The van der Waals surface area contributed by atoms with Gasteiger partial charge >= 0.3 is 0 Å². The fourth-order valence-corrected chi connectivity index (χ4v) is 5.34. The van der Waals surface area contributed by atoms with E-state index in [2.05, 4.69) is 32.4 Å². The number of methoxy groups -OCH3 is 1. The fourth-order valence-electron chi connectivity index (χ4n) is 5.34. The molecule has 2 N–H and O–H groups in total. The number of nitrogens with zero attached hydrogens (tertiary/aromatic N) is 3. The molecule has 236 valence electrons. The highest BCUT2D eigenvalue weighted by Gasteiger charge is 2.69. The Morgan fingerprint density at radius 1 is 0.911 bits per heavy atom. The number of hydrogen-bond donors (Lipinski definition) is 2. The molecule has 1 saturated carbocycles. The van der Waals surface area contributed by atoms with Gasteiger partial charge in [-0.25, -0.2) is 18.7 Å². The van der Waals surface area contributed by atoms with E-state index in [4.69, 9.17) is 14.2 Å². The van der Waals surface area contributed by atoms with Gasteiger partial charge < -0.3 is 29.7 Å². The third kappa shape index (κ3) is 6.37. The minimum atomic E-state index is -1.37. The zero-order valence-corrected chi connectivity index (χ0v) is 25.7. The smallest absolute Gasteiger partial charge is 0.240 e. The number of halogens is 2. The van der Waals surface area contributed by atoms with E-state index in [-0.39, 0.29) is 29.2 Å². The summed E-state index contributed by atoms with van der Waals surface area (Å²) in [4.78, 5) is 37.3. The first kappa shape index (κ1) is 31.6. The highest BCUT2D eigenvalue weighted by atomic mass is 19.1. The summed E-state index contributed by atoms with van der Waals surface area (Å²) in [6.07, 6.45) is 1.31. The van der Waals surface area contributed by atoms with Crippen LogP contribution in [0, 0.1) is 28.9 Å². The van der Waals surface area contributed by atoms with Gasteiger partial charge in [0.25, 0.3) is 0 Å². The summed E-state index contributed by atoms with van der Waals surface area (Å²) in [6.45, 7) is 7.73. The fraction of sp³-hybridized carbons (Fsp3) is 0.333. The van der Waals surface area contributed by atoms with E-state index >= 15 is 4.39 Å². The summed E-state index contributed by atoms with van der Waals surface area (Å²) in [7, 11) is 3.52. The minimum Gasteiger partial charge on any atom is -0.493 e. The highest BCUT2D eigenvalue weighted by molar-refractivity contribution is 6.17. The summed E-state index contributed by atoms with van der Waals surface area (Å²) in [5, 5.41) is 5.86. The number of benzene rings is 3. The third-order valence-electron chi connectivity index (χ3n) is 8.48. The van der Waals surface area contributed by atoms with Crippen molar-refractivity contribution in [2.75, 3.05) is 44.5 Å². The standard InChI is InChI=1S/C33H35F2N5O5/c1-6-40(4)13-14-44-29-17-26-24(16-28(29)43-5)30(37-18-36-26)45-27-12-11-23(15-25(27)35)39-32(42)33(19(2)20(33)3)31(41)38-22-9-7-21(34)8-10-22/h7-12,15-20H,6,13-14H2,1-5H3,(H,38,41)(H,39,42)/t19-,20-/m1/s1. The number of amides is 2. The minimum absolute atomic E-state index is 0.100. The molecule has 1 aliphatic carbocycles. The largest absolute Gasteiger partial charge is 0.493 e. The first-order valence-electron chi connectivity index (χ1n) is 14.6. The Morgan fingerprint density at radius 2 is 1.58 bits per heavy atom. The molecule has 0 radical (unpaired) electrons. The number of nitrogens with one attached hydrogen (secondary N) is 2. The average molecular weight is 620 g/mol. The number of aromatic nitrogens is 2. The lowest BCUT2D eigenvalue weighted by Gasteiger charge is -2.18. The van der Waals surface area contributed by atoms with Gasteiger partial charge in [-0.1, -0.05) is 20.8 Å². The van der Waals surface area contributed by atoms with Gasteiger partial charge in [0, 0.05) is 30.1 Å². The molecular weight excluding hydrogens is 584 g/mol. The SMILES string of the molecule is CCN(C)CCOc1cc2ncnc(Oc3ccc(NC(=O)C4(C(=O)Nc5ccc(F)cc5)[C@H](C)[C@H]4C)cc3F)c2cc1OC. The van der Waals surface area contributed by atoms with Crippen LogP contribution in [0.25, 0.3) is 10.9 Å². The van der Waals surface area contributed by atoms with E-state index in [0.29, 0.717) is 34.7 Å². The van der Waals surface area contributed by atoms with Crippen LogP contribution in [-0.4, -0.2) is 60.5 Å². The molecule has 1 heterocycles. The Morgan fingerprint density at radius 3 is 2.20 bits per heavy atom. The van der Waals surface area contributed by atoms with Crippen molar-refractivity contribution < 1.29 is 32.6 Å². The Labute approximate surface area is 259 Å². The molecule has 5 rings (SSSR count). The zero-order valence-electron chi connectivity index (χ0n) is 25.7. The molecule has 0 bridgehead atoms. The topological polar surface area (TPSA) is 115 Å². The van der Waals surface area contributed by atoms with Crippen molar-refractivity contribution in [3.05, 3.63) is 72.6 Å². The maximum atomic E-state index is 15.3.